The normalized spacial score (nSPS) is 11.6. The van der Waals surface area contributed by atoms with Crippen LogP contribution in [0.15, 0.2) is 53.3 Å². The highest BCUT2D eigenvalue weighted by Crippen LogP contribution is 2.33. The second-order valence-electron chi connectivity index (χ2n) is 6.92. The number of alkyl halides is 3. The third-order valence-electron chi connectivity index (χ3n) is 5.00. The van der Waals surface area contributed by atoms with Gasteiger partial charge in [-0.1, -0.05) is 24.3 Å². The van der Waals surface area contributed by atoms with Crippen LogP contribution in [0.4, 0.5) is 13.2 Å². The SMILES string of the molecule is Cc1nn2c(=O)c(C)c(-c3ccc(C#N)cc3)[nH]c2c1-c1ccc(C(F)(F)F)cc1. The minimum atomic E-state index is -4.43. The third-order valence-corrected chi connectivity index (χ3v) is 5.00. The van der Waals surface area contributed by atoms with E-state index in [4.69, 9.17) is 5.26 Å². The van der Waals surface area contributed by atoms with Gasteiger partial charge in [-0.15, -0.1) is 0 Å². The third kappa shape index (κ3) is 3.14. The van der Waals surface area contributed by atoms with E-state index in [0.29, 0.717) is 44.9 Å². The average Bonchev–Trinajstić information content (AvgIpc) is 3.06. The molecule has 4 aromatic rings. The summed E-state index contributed by atoms with van der Waals surface area (Å²) in [5.41, 5.74) is 3.10. The van der Waals surface area contributed by atoms with Crippen molar-refractivity contribution in [2.45, 2.75) is 20.0 Å². The number of H-pyrrole nitrogens is 1. The molecule has 0 radical (unpaired) electrons. The van der Waals surface area contributed by atoms with Crippen LogP contribution in [-0.4, -0.2) is 14.6 Å². The standard InChI is InChI=1S/C22H15F3N4O/c1-12-19(16-5-3-14(11-26)4-6-16)27-20-18(13(2)28-29(20)21(12)30)15-7-9-17(10-8-15)22(23,24)25/h3-10,27H,1-2H3. The van der Waals surface area contributed by atoms with Crippen LogP contribution in [-0.2, 0) is 6.18 Å². The molecule has 0 saturated carbocycles. The van der Waals surface area contributed by atoms with E-state index in [1.807, 2.05) is 6.07 Å². The van der Waals surface area contributed by atoms with Gasteiger partial charge in [0.2, 0.25) is 0 Å². The zero-order chi connectivity index (χ0) is 21.6. The maximum absolute atomic E-state index is 12.9. The zero-order valence-corrected chi connectivity index (χ0v) is 16.0. The molecule has 0 saturated heterocycles. The fraction of sp³-hybridized carbons (Fsp3) is 0.136. The van der Waals surface area contributed by atoms with E-state index in [2.05, 4.69) is 10.1 Å². The van der Waals surface area contributed by atoms with Gasteiger partial charge in [-0.3, -0.25) is 4.79 Å². The van der Waals surface area contributed by atoms with Gasteiger partial charge in [-0.25, -0.2) is 0 Å². The van der Waals surface area contributed by atoms with Gasteiger partial charge in [0.15, 0.2) is 0 Å². The van der Waals surface area contributed by atoms with Crippen molar-refractivity contribution in [1.29, 1.82) is 5.26 Å². The van der Waals surface area contributed by atoms with Crippen LogP contribution in [0.1, 0.15) is 22.4 Å². The molecule has 1 N–H and O–H groups in total. The quantitative estimate of drug-likeness (QED) is 0.515. The van der Waals surface area contributed by atoms with Gasteiger partial charge in [-0.05, 0) is 49.2 Å². The van der Waals surface area contributed by atoms with Crippen molar-refractivity contribution < 1.29 is 13.2 Å². The number of nitriles is 1. The number of hydrogen-bond acceptors (Lipinski definition) is 3. The molecule has 0 aliphatic heterocycles. The van der Waals surface area contributed by atoms with Crippen LogP contribution in [0.25, 0.3) is 28.0 Å². The molecule has 0 bridgehead atoms. The summed E-state index contributed by atoms with van der Waals surface area (Å²) in [5.74, 6) is 0. The van der Waals surface area contributed by atoms with Gasteiger partial charge in [0, 0.05) is 11.1 Å². The predicted molar refractivity (Wildman–Crippen MR) is 106 cm³/mol. The minimum absolute atomic E-state index is 0.329. The monoisotopic (exact) mass is 408 g/mol. The highest BCUT2D eigenvalue weighted by molar-refractivity contribution is 5.81. The number of rotatable bonds is 2. The van der Waals surface area contributed by atoms with Gasteiger partial charge in [0.05, 0.1) is 28.6 Å². The Bertz CT molecular complexity index is 1360. The Morgan fingerprint density at radius 1 is 1.00 bits per heavy atom. The fourth-order valence-corrected chi connectivity index (χ4v) is 3.44. The van der Waals surface area contributed by atoms with Crippen LogP contribution >= 0.6 is 0 Å². The number of hydrogen-bond donors (Lipinski definition) is 1. The van der Waals surface area contributed by atoms with Crippen molar-refractivity contribution in [2.75, 3.05) is 0 Å². The number of aromatic nitrogens is 3. The number of benzene rings is 2. The Kier molecular flexibility index (Phi) is 4.46. The summed E-state index contributed by atoms with van der Waals surface area (Å²) in [4.78, 5) is 16.1. The van der Waals surface area contributed by atoms with E-state index < -0.39 is 11.7 Å². The number of nitrogens with one attached hydrogen (secondary N) is 1. The molecule has 150 valence electrons. The first kappa shape index (κ1) is 19.5. The topological polar surface area (TPSA) is 74.0 Å². The van der Waals surface area contributed by atoms with Gasteiger partial charge < -0.3 is 4.98 Å². The number of aromatic amines is 1. The lowest BCUT2D eigenvalue weighted by molar-refractivity contribution is -0.137. The largest absolute Gasteiger partial charge is 0.416 e. The first-order chi connectivity index (χ1) is 14.2. The fourth-order valence-electron chi connectivity index (χ4n) is 3.44. The van der Waals surface area contributed by atoms with Gasteiger partial charge in [0.25, 0.3) is 5.56 Å². The van der Waals surface area contributed by atoms with Crippen LogP contribution in [0, 0.1) is 25.2 Å². The highest BCUT2D eigenvalue weighted by atomic mass is 19.4. The van der Waals surface area contributed by atoms with Crippen LogP contribution in [0.5, 0.6) is 0 Å². The molecular formula is C22H15F3N4O. The van der Waals surface area contributed by atoms with Gasteiger partial charge in [0.1, 0.15) is 5.65 Å². The van der Waals surface area contributed by atoms with Crippen molar-refractivity contribution >= 4 is 5.65 Å². The van der Waals surface area contributed by atoms with Crippen molar-refractivity contribution in [3.05, 3.63) is 81.3 Å². The Labute approximate surface area is 169 Å². The van der Waals surface area contributed by atoms with E-state index in [-0.39, 0.29) is 5.56 Å². The number of fused-ring (bicyclic) bond motifs is 1. The second kappa shape index (κ2) is 6.88. The molecule has 8 heteroatoms. The summed E-state index contributed by atoms with van der Waals surface area (Å²) >= 11 is 0. The number of aryl methyl sites for hydroxylation is 1. The molecule has 0 aliphatic rings. The Morgan fingerprint density at radius 3 is 2.17 bits per heavy atom. The maximum Gasteiger partial charge on any atom is 0.416 e. The van der Waals surface area contributed by atoms with Crippen molar-refractivity contribution in [3.8, 4) is 28.5 Å². The first-order valence-corrected chi connectivity index (χ1v) is 9.01. The Balaban J connectivity index is 1.93. The molecule has 0 amide bonds. The summed E-state index contributed by atoms with van der Waals surface area (Å²) in [7, 11) is 0. The molecule has 2 heterocycles. The lowest BCUT2D eigenvalue weighted by atomic mass is 10.0. The Morgan fingerprint density at radius 2 is 1.60 bits per heavy atom. The second-order valence-corrected chi connectivity index (χ2v) is 6.92. The van der Waals surface area contributed by atoms with Crippen LogP contribution in [0.2, 0.25) is 0 Å². The number of nitrogens with zero attached hydrogens (tertiary/aromatic N) is 3. The smallest absolute Gasteiger partial charge is 0.339 e. The molecule has 0 fully saturated rings. The van der Waals surface area contributed by atoms with Gasteiger partial charge in [-0.2, -0.15) is 28.0 Å². The summed E-state index contributed by atoms with van der Waals surface area (Å²) < 4.78 is 39.9. The lowest BCUT2D eigenvalue weighted by Crippen LogP contribution is -2.19. The molecule has 0 aliphatic carbocycles. The number of halogens is 3. The zero-order valence-electron chi connectivity index (χ0n) is 16.0. The van der Waals surface area contributed by atoms with Crippen LogP contribution < -0.4 is 5.56 Å². The maximum atomic E-state index is 12.9. The summed E-state index contributed by atoms with van der Waals surface area (Å²) in [6, 6.07) is 13.5. The average molecular weight is 408 g/mol. The van der Waals surface area contributed by atoms with Crippen molar-refractivity contribution in [1.82, 2.24) is 14.6 Å². The molecule has 30 heavy (non-hydrogen) atoms. The molecule has 2 aromatic heterocycles. The summed E-state index contributed by atoms with van der Waals surface area (Å²) in [6.45, 7) is 3.37. The van der Waals surface area contributed by atoms with E-state index in [1.165, 1.54) is 16.6 Å². The molecule has 0 spiro atoms. The Hall–Kier alpha value is -3.86. The highest BCUT2D eigenvalue weighted by Gasteiger charge is 2.30. The summed E-state index contributed by atoms with van der Waals surface area (Å²) in [5, 5.41) is 13.3. The van der Waals surface area contributed by atoms with Crippen molar-refractivity contribution in [3.63, 3.8) is 0 Å². The first-order valence-electron chi connectivity index (χ1n) is 9.01. The molecule has 0 unspecified atom stereocenters. The minimum Gasteiger partial charge on any atom is -0.339 e. The molecule has 0 atom stereocenters. The molecule has 2 aromatic carbocycles. The summed E-state index contributed by atoms with van der Waals surface area (Å²) in [6.07, 6.45) is -4.43. The lowest BCUT2D eigenvalue weighted by Gasteiger charge is -2.10. The van der Waals surface area contributed by atoms with Crippen molar-refractivity contribution in [2.24, 2.45) is 0 Å². The van der Waals surface area contributed by atoms with E-state index >= 15 is 0 Å². The molecule has 5 nitrogen and oxygen atoms in total. The van der Waals surface area contributed by atoms with E-state index in [9.17, 15) is 18.0 Å². The predicted octanol–water partition coefficient (Wildman–Crippen LogP) is 4.86. The molecule has 4 rings (SSSR count). The molecular weight excluding hydrogens is 393 g/mol. The van der Waals surface area contributed by atoms with Gasteiger partial charge >= 0.3 is 6.18 Å². The van der Waals surface area contributed by atoms with E-state index in [1.54, 1.807) is 38.1 Å². The van der Waals surface area contributed by atoms with E-state index in [0.717, 1.165) is 12.1 Å². The van der Waals surface area contributed by atoms with Crippen LogP contribution in [0.3, 0.4) is 0 Å².